The van der Waals surface area contributed by atoms with Crippen LogP contribution >= 0.6 is 0 Å². The van der Waals surface area contributed by atoms with E-state index in [9.17, 15) is 19.6 Å². The number of aliphatic hydroxyl groups excluding tert-OH is 1. The van der Waals surface area contributed by atoms with Crippen LogP contribution in [0.5, 0.6) is 11.5 Å². The molecule has 0 saturated carbocycles. The van der Waals surface area contributed by atoms with Gasteiger partial charge in [0.25, 0.3) is 0 Å². The quantitative estimate of drug-likeness (QED) is 0.684. The number of hydrogen-bond acceptors (Lipinski definition) is 4. The van der Waals surface area contributed by atoms with Crippen LogP contribution in [0.15, 0.2) is 42.5 Å². The molecule has 0 radical (unpaired) electrons. The Bertz CT molecular complexity index is 643. The minimum absolute atomic E-state index is 0.00926. The number of nitro groups is 1. The molecule has 5 nitrogen and oxygen atoms in total. The van der Waals surface area contributed by atoms with Crippen molar-refractivity contribution >= 4 is 5.69 Å². The molecule has 0 spiro atoms. The minimum atomic E-state index is -0.822. The molecule has 0 saturated heterocycles. The zero-order chi connectivity index (χ0) is 14.7. The number of benzene rings is 2. The minimum Gasteiger partial charge on any atom is -0.450 e. The predicted molar refractivity (Wildman–Crippen MR) is 70.2 cm³/mol. The Balaban J connectivity index is 2.38. The number of hydrogen-bond donors (Lipinski definition) is 1. The van der Waals surface area contributed by atoms with Crippen LogP contribution in [0.3, 0.4) is 0 Å². The summed E-state index contributed by atoms with van der Waals surface area (Å²) >= 11 is 0. The second kappa shape index (κ2) is 5.66. The number of nitro benzene ring substituents is 1. The summed E-state index contributed by atoms with van der Waals surface area (Å²) in [5.74, 6) is -0.339. The van der Waals surface area contributed by atoms with E-state index >= 15 is 0 Å². The molecule has 1 atom stereocenters. The van der Waals surface area contributed by atoms with E-state index in [2.05, 4.69) is 0 Å². The van der Waals surface area contributed by atoms with Gasteiger partial charge in [0.2, 0.25) is 5.75 Å². The van der Waals surface area contributed by atoms with Crippen molar-refractivity contribution in [2.75, 3.05) is 0 Å². The molecule has 0 aromatic heterocycles. The smallest absolute Gasteiger partial charge is 0.311 e. The normalized spacial score (nSPS) is 11.9. The van der Waals surface area contributed by atoms with E-state index in [1.807, 2.05) is 0 Å². The number of ether oxygens (including phenoxy) is 1. The highest BCUT2D eigenvalue weighted by Gasteiger charge is 2.18. The highest BCUT2D eigenvalue weighted by atomic mass is 19.1. The fourth-order valence-corrected chi connectivity index (χ4v) is 1.68. The first-order chi connectivity index (χ1) is 9.47. The highest BCUT2D eigenvalue weighted by Crippen LogP contribution is 2.33. The lowest BCUT2D eigenvalue weighted by Crippen LogP contribution is -1.97. The van der Waals surface area contributed by atoms with E-state index in [1.54, 1.807) is 0 Å². The number of rotatable bonds is 4. The molecule has 2 aromatic carbocycles. The number of halogens is 1. The molecule has 2 rings (SSSR count). The van der Waals surface area contributed by atoms with Crippen molar-refractivity contribution < 1.29 is 19.2 Å². The maximum Gasteiger partial charge on any atom is 0.311 e. The summed E-state index contributed by atoms with van der Waals surface area (Å²) in [5, 5.41) is 20.5. The fraction of sp³-hybridized carbons (Fsp3) is 0.143. The summed E-state index contributed by atoms with van der Waals surface area (Å²) in [4.78, 5) is 10.4. The molecular formula is C14H12FNO4. The molecule has 0 aliphatic heterocycles. The van der Waals surface area contributed by atoms with Crippen LogP contribution in [0.1, 0.15) is 18.6 Å². The molecule has 0 aliphatic rings. The monoisotopic (exact) mass is 277 g/mol. The largest absolute Gasteiger partial charge is 0.450 e. The Morgan fingerprint density at radius 1 is 1.30 bits per heavy atom. The molecule has 0 amide bonds. The first-order valence-electron chi connectivity index (χ1n) is 5.87. The molecule has 0 aliphatic carbocycles. The Morgan fingerprint density at radius 3 is 2.65 bits per heavy atom. The van der Waals surface area contributed by atoms with E-state index in [0.29, 0.717) is 5.56 Å². The van der Waals surface area contributed by atoms with Gasteiger partial charge < -0.3 is 9.84 Å². The van der Waals surface area contributed by atoms with Crippen molar-refractivity contribution in [3.63, 3.8) is 0 Å². The van der Waals surface area contributed by atoms with Crippen LogP contribution in [-0.4, -0.2) is 10.0 Å². The lowest BCUT2D eigenvalue weighted by Gasteiger charge is -2.09. The first-order valence-corrected chi connectivity index (χ1v) is 5.87. The van der Waals surface area contributed by atoms with Crippen molar-refractivity contribution in [2.45, 2.75) is 13.0 Å². The maximum atomic E-state index is 13.1. The SMILES string of the molecule is C[C@H](O)c1ccc(Oc2cccc(F)c2)c([N+](=O)[O-])c1. The third kappa shape index (κ3) is 3.10. The van der Waals surface area contributed by atoms with Gasteiger partial charge in [-0.25, -0.2) is 4.39 Å². The van der Waals surface area contributed by atoms with Crippen molar-refractivity contribution in [3.8, 4) is 11.5 Å². The van der Waals surface area contributed by atoms with E-state index in [0.717, 1.165) is 6.07 Å². The van der Waals surface area contributed by atoms with E-state index in [-0.39, 0.29) is 17.2 Å². The van der Waals surface area contributed by atoms with Gasteiger partial charge in [0, 0.05) is 12.1 Å². The molecular weight excluding hydrogens is 265 g/mol. The lowest BCUT2D eigenvalue weighted by molar-refractivity contribution is -0.385. The molecule has 0 unspecified atom stereocenters. The van der Waals surface area contributed by atoms with Gasteiger partial charge >= 0.3 is 5.69 Å². The van der Waals surface area contributed by atoms with Gasteiger partial charge in [-0.2, -0.15) is 0 Å². The summed E-state index contributed by atoms with van der Waals surface area (Å²) in [6.45, 7) is 1.51. The number of nitrogens with zero attached hydrogens (tertiary/aromatic N) is 1. The molecule has 104 valence electrons. The van der Waals surface area contributed by atoms with Gasteiger partial charge in [0.05, 0.1) is 11.0 Å². The molecule has 0 fully saturated rings. The standard InChI is InChI=1S/C14H12FNO4/c1-9(17)10-5-6-14(13(7-10)16(18)19)20-12-4-2-3-11(15)8-12/h2-9,17H,1H3/t9-/m0/s1. The zero-order valence-electron chi connectivity index (χ0n) is 10.6. The van der Waals surface area contributed by atoms with Gasteiger partial charge in [-0.15, -0.1) is 0 Å². The van der Waals surface area contributed by atoms with Crippen LogP contribution in [0.25, 0.3) is 0 Å². The summed E-state index contributed by atoms with van der Waals surface area (Å²) in [6, 6.07) is 9.46. The third-order valence-electron chi connectivity index (χ3n) is 2.69. The number of aliphatic hydroxyl groups is 1. The average molecular weight is 277 g/mol. The molecule has 6 heteroatoms. The Morgan fingerprint density at radius 2 is 2.05 bits per heavy atom. The second-order valence-corrected chi connectivity index (χ2v) is 4.22. The topological polar surface area (TPSA) is 72.6 Å². The average Bonchev–Trinajstić information content (AvgIpc) is 2.38. The molecule has 20 heavy (non-hydrogen) atoms. The van der Waals surface area contributed by atoms with Gasteiger partial charge in [0.1, 0.15) is 11.6 Å². The first kappa shape index (κ1) is 14.0. The predicted octanol–water partition coefficient (Wildman–Crippen LogP) is 3.58. The van der Waals surface area contributed by atoms with Crippen molar-refractivity contribution in [1.82, 2.24) is 0 Å². The highest BCUT2D eigenvalue weighted by molar-refractivity contribution is 5.51. The van der Waals surface area contributed by atoms with Crippen molar-refractivity contribution in [1.29, 1.82) is 0 Å². The maximum absolute atomic E-state index is 13.1. The Labute approximate surface area is 114 Å². The molecule has 1 N–H and O–H groups in total. The molecule has 0 heterocycles. The Hall–Kier alpha value is -2.47. The van der Waals surface area contributed by atoms with E-state index < -0.39 is 16.8 Å². The zero-order valence-corrected chi connectivity index (χ0v) is 10.6. The van der Waals surface area contributed by atoms with E-state index in [1.165, 1.54) is 43.3 Å². The van der Waals surface area contributed by atoms with Crippen LogP contribution < -0.4 is 4.74 Å². The van der Waals surface area contributed by atoms with Gasteiger partial charge in [0.15, 0.2) is 0 Å². The lowest BCUT2D eigenvalue weighted by atomic mass is 10.1. The van der Waals surface area contributed by atoms with E-state index in [4.69, 9.17) is 4.74 Å². The van der Waals surface area contributed by atoms with Crippen LogP contribution in [0.4, 0.5) is 10.1 Å². The summed E-state index contributed by atoms with van der Waals surface area (Å²) in [6.07, 6.45) is -0.822. The van der Waals surface area contributed by atoms with Crippen LogP contribution in [-0.2, 0) is 0 Å². The summed E-state index contributed by atoms with van der Waals surface area (Å²) in [5.41, 5.74) is 0.121. The van der Waals surface area contributed by atoms with Gasteiger partial charge in [-0.1, -0.05) is 12.1 Å². The van der Waals surface area contributed by atoms with Gasteiger partial charge in [-0.05, 0) is 30.7 Å². The Kier molecular flexibility index (Phi) is 3.95. The van der Waals surface area contributed by atoms with Gasteiger partial charge in [-0.3, -0.25) is 10.1 Å². The molecule has 2 aromatic rings. The third-order valence-corrected chi connectivity index (χ3v) is 2.69. The summed E-state index contributed by atoms with van der Waals surface area (Å²) in [7, 11) is 0. The van der Waals surface area contributed by atoms with Crippen molar-refractivity contribution in [2.24, 2.45) is 0 Å². The van der Waals surface area contributed by atoms with Crippen LogP contribution in [0, 0.1) is 15.9 Å². The van der Waals surface area contributed by atoms with Crippen molar-refractivity contribution in [3.05, 3.63) is 64.0 Å². The second-order valence-electron chi connectivity index (χ2n) is 4.22. The summed E-state index contributed by atoms with van der Waals surface area (Å²) < 4.78 is 18.4. The fourth-order valence-electron chi connectivity index (χ4n) is 1.68. The van der Waals surface area contributed by atoms with Crippen LogP contribution in [0.2, 0.25) is 0 Å². The molecule has 0 bridgehead atoms.